The van der Waals surface area contributed by atoms with Crippen molar-refractivity contribution in [2.75, 3.05) is 0 Å². The van der Waals surface area contributed by atoms with Crippen molar-refractivity contribution in [3.05, 3.63) is 54.0 Å². The Morgan fingerprint density at radius 1 is 1.22 bits per heavy atom. The SMILES string of the molecule is O=C(Cn1cccc1-c1nc(-c2ccccc2)cs1)NC1CC1. The molecular formula is C18H17N3OS. The quantitative estimate of drug-likeness (QED) is 0.780. The summed E-state index contributed by atoms with van der Waals surface area (Å²) in [6.45, 7) is 0.346. The van der Waals surface area contributed by atoms with Crippen LogP contribution in [0.3, 0.4) is 0 Å². The van der Waals surface area contributed by atoms with Crippen LogP contribution >= 0.6 is 11.3 Å². The van der Waals surface area contributed by atoms with Crippen molar-refractivity contribution in [3.8, 4) is 22.0 Å². The second-order valence-corrected chi connectivity index (χ2v) is 6.63. The summed E-state index contributed by atoms with van der Waals surface area (Å²) in [7, 11) is 0. The number of benzene rings is 1. The fourth-order valence-electron chi connectivity index (χ4n) is 2.53. The maximum absolute atomic E-state index is 12.0. The van der Waals surface area contributed by atoms with Gasteiger partial charge in [-0.1, -0.05) is 30.3 Å². The molecule has 0 radical (unpaired) electrons. The number of carbonyl (C=O) groups excluding carboxylic acids is 1. The molecule has 1 aliphatic carbocycles. The van der Waals surface area contributed by atoms with Crippen LogP contribution in [0.25, 0.3) is 22.0 Å². The van der Waals surface area contributed by atoms with Gasteiger partial charge in [-0.05, 0) is 25.0 Å². The fourth-order valence-corrected chi connectivity index (χ4v) is 3.40. The Morgan fingerprint density at radius 2 is 2.04 bits per heavy atom. The van der Waals surface area contributed by atoms with E-state index in [2.05, 4.69) is 22.8 Å². The van der Waals surface area contributed by atoms with Crippen LogP contribution in [0.1, 0.15) is 12.8 Å². The maximum Gasteiger partial charge on any atom is 0.240 e. The molecule has 3 aromatic rings. The summed E-state index contributed by atoms with van der Waals surface area (Å²) in [4.78, 5) is 16.8. The van der Waals surface area contributed by atoms with Crippen molar-refractivity contribution in [1.82, 2.24) is 14.9 Å². The van der Waals surface area contributed by atoms with Gasteiger partial charge in [-0.25, -0.2) is 4.98 Å². The predicted molar refractivity (Wildman–Crippen MR) is 92.1 cm³/mol. The lowest BCUT2D eigenvalue weighted by molar-refractivity contribution is -0.121. The largest absolute Gasteiger partial charge is 0.352 e. The average molecular weight is 323 g/mol. The van der Waals surface area contributed by atoms with Gasteiger partial charge in [0.2, 0.25) is 5.91 Å². The zero-order valence-corrected chi connectivity index (χ0v) is 13.4. The van der Waals surface area contributed by atoms with Crippen LogP contribution in [0, 0.1) is 0 Å². The first-order valence-corrected chi connectivity index (χ1v) is 8.63. The molecule has 23 heavy (non-hydrogen) atoms. The summed E-state index contributed by atoms with van der Waals surface area (Å²) in [5, 5.41) is 6.02. The third kappa shape index (κ3) is 3.19. The molecule has 1 amide bonds. The van der Waals surface area contributed by atoms with E-state index in [0.717, 1.165) is 34.8 Å². The molecule has 1 fully saturated rings. The van der Waals surface area contributed by atoms with Crippen molar-refractivity contribution >= 4 is 17.2 Å². The second kappa shape index (κ2) is 6.01. The number of aromatic nitrogens is 2. The Hall–Kier alpha value is -2.40. The molecule has 2 heterocycles. The molecule has 4 rings (SSSR count). The van der Waals surface area contributed by atoms with Gasteiger partial charge in [0.05, 0.1) is 11.4 Å². The van der Waals surface area contributed by atoms with E-state index >= 15 is 0 Å². The lowest BCUT2D eigenvalue weighted by atomic mass is 10.2. The molecule has 4 nitrogen and oxygen atoms in total. The average Bonchev–Trinajstić information content (AvgIpc) is 3.06. The minimum absolute atomic E-state index is 0.0739. The van der Waals surface area contributed by atoms with Crippen LogP contribution in [-0.4, -0.2) is 21.5 Å². The van der Waals surface area contributed by atoms with E-state index in [1.807, 2.05) is 41.1 Å². The van der Waals surface area contributed by atoms with Crippen molar-refractivity contribution in [2.24, 2.45) is 0 Å². The smallest absolute Gasteiger partial charge is 0.240 e. The lowest BCUT2D eigenvalue weighted by Gasteiger charge is -2.07. The van der Waals surface area contributed by atoms with Crippen LogP contribution in [-0.2, 0) is 11.3 Å². The van der Waals surface area contributed by atoms with Gasteiger partial charge in [0.25, 0.3) is 0 Å². The molecule has 1 aliphatic rings. The Kier molecular flexibility index (Phi) is 3.71. The van der Waals surface area contributed by atoms with E-state index in [-0.39, 0.29) is 5.91 Å². The van der Waals surface area contributed by atoms with Crippen LogP contribution in [0.2, 0.25) is 0 Å². The first kappa shape index (κ1) is 14.2. The van der Waals surface area contributed by atoms with E-state index in [0.29, 0.717) is 12.6 Å². The second-order valence-electron chi connectivity index (χ2n) is 5.77. The van der Waals surface area contributed by atoms with Crippen LogP contribution in [0.5, 0.6) is 0 Å². The molecule has 116 valence electrons. The highest BCUT2D eigenvalue weighted by Crippen LogP contribution is 2.29. The molecule has 0 atom stereocenters. The van der Waals surface area contributed by atoms with E-state index in [4.69, 9.17) is 4.98 Å². The number of carbonyl (C=O) groups is 1. The Morgan fingerprint density at radius 3 is 2.83 bits per heavy atom. The summed E-state index contributed by atoms with van der Waals surface area (Å²) in [6, 6.07) is 14.5. The topological polar surface area (TPSA) is 46.9 Å². The molecule has 0 spiro atoms. The van der Waals surface area contributed by atoms with Gasteiger partial charge in [-0.3, -0.25) is 4.79 Å². The monoisotopic (exact) mass is 323 g/mol. The van der Waals surface area contributed by atoms with Gasteiger partial charge < -0.3 is 9.88 Å². The number of thiazole rings is 1. The van der Waals surface area contributed by atoms with Crippen LogP contribution in [0.4, 0.5) is 0 Å². The number of amides is 1. The van der Waals surface area contributed by atoms with Gasteiger partial charge in [-0.15, -0.1) is 11.3 Å². The third-order valence-corrected chi connectivity index (χ3v) is 4.74. The highest BCUT2D eigenvalue weighted by Gasteiger charge is 2.23. The molecule has 0 unspecified atom stereocenters. The maximum atomic E-state index is 12.0. The van der Waals surface area contributed by atoms with E-state index in [1.54, 1.807) is 11.3 Å². The molecule has 1 saturated carbocycles. The number of hydrogen-bond donors (Lipinski definition) is 1. The highest BCUT2D eigenvalue weighted by atomic mass is 32.1. The minimum atomic E-state index is 0.0739. The highest BCUT2D eigenvalue weighted by molar-refractivity contribution is 7.13. The molecular weight excluding hydrogens is 306 g/mol. The molecule has 1 N–H and O–H groups in total. The van der Waals surface area contributed by atoms with Crippen molar-refractivity contribution in [3.63, 3.8) is 0 Å². The van der Waals surface area contributed by atoms with Crippen molar-refractivity contribution < 1.29 is 4.79 Å². The molecule has 1 aromatic carbocycles. The van der Waals surface area contributed by atoms with Gasteiger partial charge >= 0.3 is 0 Å². The standard InChI is InChI=1S/C18H17N3OS/c22-17(19-14-8-9-14)11-21-10-4-7-16(21)18-20-15(12-23-18)13-5-2-1-3-6-13/h1-7,10,12,14H,8-9,11H2,(H,19,22). The van der Waals surface area contributed by atoms with Crippen molar-refractivity contribution in [1.29, 1.82) is 0 Å². The van der Waals surface area contributed by atoms with Crippen molar-refractivity contribution in [2.45, 2.75) is 25.4 Å². The zero-order valence-electron chi connectivity index (χ0n) is 12.6. The number of nitrogens with zero attached hydrogens (tertiary/aromatic N) is 2. The van der Waals surface area contributed by atoms with Gasteiger partial charge in [0, 0.05) is 23.2 Å². The van der Waals surface area contributed by atoms with Gasteiger partial charge in [-0.2, -0.15) is 0 Å². The molecule has 0 aliphatic heterocycles. The molecule has 0 bridgehead atoms. The zero-order chi connectivity index (χ0) is 15.6. The molecule has 0 saturated heterocycles. The Balaban J connectivity index is 1.55. The van der Waals surface area contributed by atoms with E-state index in [9.17, 15) is 4.79 Å². The summed E-state index contributed by atoms with van der Waals surface area (Å²) in [5.74, 6) is 0.0739. The first-order chi connectivity index (χ1) is 11.3. The van der Waals surface area contributed by atoms with Gasteiger partial charge in [0.1, 0.15) is 11.6 Å². The number of nitrogens with one attached hydrogen (secondary N) is 1. The van der Waals surface area contributed by atoms with Crippen LogP contribution in [0.15, 0.2) is 54.0 Å². The summed E-state index contributed by atoms with van der Waals surface area (Å²) in [6.07, 6.45) is 4.15. The first-order valence-electron chi connectivity index (χ1n) is 7.75. The summed E-state index contributed by atoms with van der Waals surface area (Å²) in [5.41, 5.74) is 3.07. The Labute approximate surface area is 138 Å². The normalized spacial score (nSPS) is 13.9. The summed E-state index contributed by atoms with van der Waals surface area (Å²) < 4.78 is 1.96. The number of hydrogen-bond acceptors (Lipinski definition) is 3. The van der Waals surface area contributed by atoms with E-state index in [1.165, 1.54) is 0 Å². The van der Waals surface area contributed by atoms with Crippen LogP contribution < -0.4 is 5.32 Å². The Bertz CT molecular complexity index is 818. The lowest BCUT2D eigenvalue weighted by Crippen LogP contribution is -2.29. The molecule has 2 aromatic heterocycles. The fraction of sp³-hybridized carbons (Fsp3) is 0.222. The van der Waals surface area contributed by atoms with E-state index < -0.39 is 0 Å². The summed E-state index contributed by atoms with van der Waals surface area (Å²) >= 11 is 1.61. The number of rotatable bonds is 5. The minimum Gasteiger partial charge on any atom is -0.352 e. The van der Waals surface area contributed by atoms with Gasteiger partial charge in [0.15, 0.2) is 0 Å². The third-order valence-electron chi connectivity index (χ3n) is 3.88. The predicted octanol–water partition coefficient (Wildman–Crippen LogP) is 3.56. The molecule has 5 heteroatoms.